The molecule has 168 valence electrons. The summed E-state index contributed by atoms with van der Waals surface area (Å²) in [5.74, 6) is 0.989. The summed E-state index contributed by atoms with van der Waals surface area (Å²) in [5, 5.41) is 2.81. The fourth-order valence-electron chi connectivity index (χ4n) is 3.50. The highest BCUT2D eigenvalue weighted by molar-refractivity contribution is 7.89. The number of carbonyl (C=O) groups excluding carboxylic acids is 1. The van der Waals surface area contributed by atoms with E-state index in [0.717, 1.165) is 25.7 Å². The van der Waals surface area contributed by atoms with E-state index in [4.69, 9.17) is 9.47 Å². The monoisotopic (exact) mass is 446 g/mol. The third-order valence-electron chi connectivity index (χ3n) is 5.33. The van der Waals surface area contributed by atoms with Crippen LogP contribution >= 0.6 is 0 Å². The zero-order chi connectivity index (χ0) is 22.3. The summed E-state index contributed by atoms with van der Waals surface area (Å²) >= 11 is 0. The highest BCUT2D eigenvalue weighted by Crippen LogP contribution is 2.23. The molecule has 1 atom stereocenters. The predicted molar refractivity (Wildman–Crippen MR) is 120 cm³/mol. The number of rotatable bonds is 8. The molecule has 2 aromatic carbocycles. The molecule has 1 saturated heterocycles. The Labute approximate surface area is 184 Å². The number of ether oxygens (including phenoxy) is 2. The number of sulfonamides is 1. The van der Waals surface area contributed by atoms with Gasteiger partial charge in [-0.05, 0) is 67.8 Å². The lowest BCUT2D eigenvalue weighted by molar-refractivity contribution is -0.122. The van der Waals surface area contributed by atoms with E-state index in [1.165, 1.54) is 0 Å². The number of hydrogen-bond donors (Lipinski definition) is 1. The van der Waals surface area contributed by atoms with Crippen LogP contribution in [0.2, 0.25) is 0 Å². The van der Waals surface area contributed by atoms with Crippen LogP contribution in [0.5, 0.6) is 11.5 Å². The number of hydrogen-bond acceptors (Lipinski definition) is 5. The van der Waals surface area contributed by atoms with Crippen molar-refractivity contribution in [2.24, 2.45) is 0 Å². The Morgan fingerprint density at radius 3 is 2.10 bits per heavy atom. The van der Waals surface area contributed by atoms with Gasteiger partial charge in [-0.3, -0.25) is 4.79 Å². The summed E-state index contributed by atoms with van der Waals surface area (Å²) in [6, 6.07) is 13.3. The van der Waals surface area contributed by atoms with Crippen molar-refractivity contribution in [1.82, 2.24) is 4.31 Å². The number of nitrogens with zero attached hydrogens (tertiary/aromatic N) is 1. The van der Waals surface area contributed by atoms with E-state index in [1.807, 2.05) is 6.92 Å². The van der Waals surface area contributed by atoms with E-state index in [-0.39, 0.29) is 10.8 Å². The van der Waals surface area contributed by atoms with Gasteiger partial charge in [0.1, 0.15) is 11.5 Å². The number of benzene rings is 2. The molecule has 0 bridgehead atoms. The second-order valence-electron chi connectivity index (χ2n) is 7.52. The van der Waals surface area contributed by atoms with Gasteiger partial charge in [-0.25, -0.2) is 8.42 Å². The largest absolute Gasteiger partial charge is 0.497 e. The van der Waals surface area contributed by atoms with Crippen molar-refractivity contribution in [3.8, 4) is 11.5 Å². The summed E-state index contributed by atoms with van der Waals surface area (Å²) in [6.45, 7) is 2.98. The van der Waals surface area contributed by atoms with E-state index >= 15 is 0 Å². The Morgan fingerprint density at radius 2 is 1.55 bits per heavy atom. The minimum Gasteiger partial charge on any atom is -0.497 e. The Morgan fingerprint density at radius 1 is 0.968 bits per heavy atom. The van der Waals surface area contributed by atoms with Crippen LogP contribution in [-0.2, 0) is 14.8 Å². The molecule has 0 radical (unpaired) electrons. The van der Waals surface area contributed by atoms with Crippen LogP contribution in [0.1, 0.15) is 39.0 Å². The van der Waals surface area contributed by atoms with E-state index < -0.39 is 16.1 Å². The lowest BCUT2D eigenvalue weighted by Crippen LogP contribution is -2.32. The molecular weight excluding hydrogens is 416 g/mol. The molecule has 1 aliphatic rings. The summed E-state index contributed by atoms with van der Waals surface area (Å²) in [6.07, 6.45) is 3.72. The Bertz CT molecular complexity index is 950. The van der Waals surface area contributed by atoms with Crippen LogP contribution in [-0.4, -0.2) is 44.9 Å². The topological polar surface area (TPSA) is 84.9 Å². The quantitative estimate of drug-likeness (QED) is 0.661. The minimum absolute atomic E-state index is 0.244. The van der Waals surface area contributed by atoms with Crippen LogP contribution < -0.4 is 14.8 Å². The van der Waals surface area contributed by atoms with Crippen molar-refractivity contribution in [2.45, 2.75) is 50.0 Å². The molecule has 0 saturated carbocycles. The lowest BCUT2D eigenvalue weighted by atomic mass is 10.2. The predicted octanol–water partition coefficient (Wildman–Crippen LogP) is 4.06. The highest BCUT2D eigenvalue weighted by Gasteiger charge is 2.25. The van der Waals surface area contributed by atoms with E-state index in [1.54, 1.807) is 59.9 Å². The standard InChI is InChI=1S/C23H30N2O5S/c1-3-22(30-20-12-10-19(29-2)11-13-20)23(26)24-18-8-14-21(15-9-18)31(27,28)25-16-6-4-5-7-17-25/h8-15,22H,3-7,16-17H2,1-2H3,(H,24,26)/t22-/m1/s1. The van der Waals surface area contributed by atoms with E-state index in [0.29, 0.717) is 36.7 Å². The second-order valence-corrected chi connectivity index (χ2v) is 9.46. The number of anilines is 1. The second kappa shape index (κ2) is 10.6. The summed E-state index contributed by atoms with van der Waals surface area (Å²) in [7, 11) is -1.93. The van der Waals surface area contributed by atoms with Crippen molar-refractivity contribution in [3.05, 3.63) is 48.5 Å². The van der Waals surface area contributed by atoms with Crippen LogP contribution in [0.25, 0.3) is 0 Å². The van der Waals surface area contributed by atoms with Gasteiger partial charge >= 0.3 is 0 Å². The number of methoxy groups -OCH3 is 1. The highest BCUT2D eigenvalue weighted by atomic mass is 32.2. The fourth-order valence-corrected chi connectivity index (χ4v) is 5.02. The molecule has 0 aliphatic carbocycles. The third-order valence-corrected chi connectivity index (χ3v) is 7.24. The lowest BCUT2D eigenvalue weighted by Gasteiger charge is -2.20. The Kier molecular flexibility index (Phi) is 7.92. The minimum atomic E-state index is -3.51. The maximum absolute atomic E-state index is 12.9. The summed E-state index contributed by atoms with van der Waals surface area (Å²) in [4.78, 5) is 12.9. The van der Waals surface area contributed by atoms with Gasteiger partial charge in [-0.15, -0.1) is 0 Å². The molecule has 0 unspecified atom stereocenters. The zero-order valence-electron chi connectivity index (χ0n) is 18.0. The van der Waals surface area contributed by atoms with Gasteiger partial charge in [0.15, 0.2) is 6.10 Å². The van der Waals surface area contributed by atoms with Gasteiger partial charge in [-0.2, -0.15) is 4.31 Å². The Balaban J connectivity index is 1.64. The summed E-state index contributed by atoms with van der Waals surface area (Å²) in [5.41, 5.74) is 0.525. The van der Waals surface area contributed by atoms with Crippen molar-refractivity contribution < 1.29 is 22.7 Å². The fraction of sp³-hybridized carbons (Fsp3) is 0.435. The molecule has 1 heterocycles. The first-order valence-electron chi connectivity index (χ1n) is 10.7. The molecule has 8 heteroatoms. The first-order valence-corrected chi connectivity index (χ1v) is 12.1. The number of amides is 1. The zero-order valence-corrected chi connectivity index (χ0v) is 18.9. The van der Waals surface area contributed by atoms with Gasteiger partial charge in [0.25, 0.3) is 5.91 Å². The molecule has 1 N–H and O–H groups in total. The van der Waals surface area contributed by atoms with Gasteiger partial charge in [-0.1, -0.05) is 19.8 Å². The van der Waals surface area contributed by atoms with Gasteiger partial charge in [0, 0.05) is 18.8 Å². The summed E-state index contributed by atoms with van der Waals surface area (Å²) < 4.78 is 38.3. The normalized spacial score (nSPS) is 16.2. The smallest absolute Gasteiger partial charge is 0.265 e. The van der Waals surface area contributed by atoms with Crippen molar-refractivity contribution in [3.63, 3.8) is 0 Å². The van der Waals surface area contributed by atoms with Crippen LogP contribution in [0.3, 0.4) is 0 Å². The van der Waals surface area contributed by atoms with Crippen molar-refractivity contribution in [1.29, 1.82) is 0 Å². The van der Waals surface area contributed by atoms with E-state index in [9.17, 15) is 13.2 Å². The van der Waals surface area contributed by atoms with Crippen LogP contribution in [0.15, 0.2) is 53.4 Å². The van der Waals surface area contributed by atoms with Gasteiger partial charge in [0.05, 0.1) is 12.0 Å². The maximum Gasteiger partial charge on any atom is 0.265 e. The molecule has 2 aromatic rings. The molecule has 7 nitrogen and oxygen atoms in total. The molecule has 0 aromatic heterocycles. The first-order chi connectivity index (χ1) is 14.9. The van der Waals surface area contributed by atoms with Gasteiger partial charge < -0.3 is 14.8 Å². The van der Waals surface area contributed by atoms with Crippen LogP contribution in [0, 0.1) is 0 Å². The first kappa shape index (κ1) is 23.1. The number of nitrogens with one attached hydrogen (secondary N) is 1. The molecule has 1 fully saturated rings. The van der Waals surface area contributed by atoms with Crippen LogP contribution in [0.4, 0.5) is 5.69 Å². The average molecular weight is 447 g/mol. The maximum atomic E-state index is 12.9. The SMILES string of the molecule is CC[C@@H](Oc1ccc(OC)cc1)C(=O)Nc1ccc(S(=O)(=O)N2CCCCCC2)cc1. The van der Waals surface area contributed by atoms with Crippen molar-refractivity contribution in [2.75, 3.05) is 25.5 Å². The molecular formula is C23H30N2O5S. The molecule has 1 aliphatic heterocycles. The van der Waals surface area contributed by atoms with Crippen molar-refractivity contribution >= 4 is 21.6 Å². The van der Waals surface area contributed by atoms with E-state index in [2.05, 4.69) is 5.32 Å². The third kappa shape index (κ3) is 5.98. The van der Waals surface area contributed by atoms with Gasteiger partial charge in [0.2, 0.25) is 10.0 Å². The molecule has 31 heavy (non-hydrogen) atoms. The number of carbonyl (C=O) groups is 1. The molecule has 0 spiro atoms. The molecule has 3 rings (SSSR count). The Hall–Kier alpha value is -2.58. The molecule has 1 amide bonds. The average Bonchev–Trinajstić information content (AvgIpc) is 3.08.